The van der Waals surface area contributed by atoms with Crippen LogP contribution in [0.1, 0.15) is 11.1 Å². The number of ether oxygens (including phenoxy) is 1. The molecule has 0 saturated carbocycles. The van der Waals surface area contributed by atoms with Crippen LogP contribution in [0.3, 0.4) is 0 Å². The molecular weight excluding hydrogens is 294 g/mol. The highest BCUT2D eigenvalue weighted by atomic mass is 16.6. The molecule has 2 aromatic carbocycles. The first-order valence-electron chi connectivity index (χ1n) is 7.05. The van der Waals surface area contributed by atoms with Crippen molar-refractivity contribution in [1.29, 1.82) is 0 Å². The molecule has 0 heterocycles. The van der Waals surface area contributed by atoms with Gasteiger partial charge in [-0.25, -0.2) is 9.59 Å². The summed E-state index contributed by atoms with van der Waals surface area (Å²) in [5.74, 6) is 1.18. The van der Waals surface area contributed by atoms with E-state index in [0.29, 0.717) is 5.56 Å². The van der Waals surface area contributed by atoms with Crippen LogP contribution in [0.2, 0.25) is 0 Å². The number of rotatable bonds is 7. The van der Waals surface area contributed by atoms with Crippen LogP contribution in [-0.4, -0.2) is 25.1 Å². The molecule has 5 nitrogen and oxygen atoms in total. The van der Waals surface area contributed by atoms with Gasteiger partial charge in [0.05, 0.1) is 19.3 Å². The summed E-state index contributed by atoms with van der Waals surface area (Å²) in [7, 11) is 1.25. The Morgan fingerprint density at radius 3 is 2.26 bits per heavy atom. The fourth-order valence-corrected chi connectivity index (χ4v) is 2.03. The minimum Gasteiger partial charge on any atom is -0.468 e. The van der Waals surface area contributed by atoms with Gasteiger partial charge in [-0.15, -0.1) is 0 Å². The molecule has 1 atom stereocenters. The van der Waals surface area contributed by atoms with Gasteiger partial charge in [0, 0.05) is 0 Å². The van der Waals surface area contributed by atoms with Gasteiger partial charge in [-0.3, -0.25) is 4.84 Å². The minimum absolute atomic E-state index is 0.130. The number of benzene rings is 2. The summed E-state index contributed by atoms with van der Waals surface area (Å²) in [5.41, 5.74) is 4.23. The molecule has 0 radical (unpaired) electrons. The SMILES string of the molecule is COC(=O)[C@@H](NOCc1ccccc1)C(=C=O)c1ccccc1. The van der Waals surface area contributed by atoms with E-state index in [9.17, 15) is 9.59 Å². The number of methoxy groups -OCH3 is 1. The number of hydrogen-bond donors (Lipinski definition) is 1. The first-order valence-corrected chi connectivity index (χ1v) is 7.05. The van der Waals surface area contributed by atoms with Gasteiger partial charge in [0.15, 0.2) is 6.04 Å². The second-order valence-corrected chi connectivity index (χ2v) is 4.73. The Kier molecular flexibility index (Phi) is 6.27. The van der Waals surface area contributed by atoms with Gasteiger partial charge in [-0.2, -0.15) is 5.48 Å². The van der Waals surface area contributed by atoms with Gasteiger partial charge >= 0.3 is 5.97 Å². The number of nitrogens with one attached hydrogen (secondary N) is 1. The van der Waals surface area contributed by atoms with Crippen molar-refractivity contribution in [1.82, 2.24) is 5.48 Å². The van der Waals surface area contributed by atoms with E-state index < -0.39 is 12.0 Å². The van der Waals surface area contributed by atoms with Crippen LogP contribution in [0.15, 0.2) is 60.7 Å². The largest absolute Gasteiger partial charge is 0.468 e. The summed E-state index contributed by atoms with van der Waals surface area (Å²) in [4.78, 5) is 28.7. The maximum absolute atomic E-state index is 12.0. The zero-order valence-electron chi connectivity index (χ0n) is 12.7. The maximum atomic E-state index is 12.0. The van der Waals surface area contributed by atoms with Gasteiger partial charge < -0.3 is 4.74 Å². The van der Waals surface area contributed by atoms with Crippen LogP contribution in [0.5, 0.6) is 0 Å². The van der Waals surface area contributed by atoms with Crippen molar-refractivity contribution in [2.24, 2.45) is 0 Å². The Morgan fingerprint density at radius 1 is 1.09 bits per heavy atom. The van der Waals surface area contributed by atoms with Crippen LogP contribution in [-0.2, 0) is 25.8 Å². The lowest BCUT2D eigenvalue weighted by atomic mass is 10.0. The second-order valence-electron chi connectivity index (χ2n) is 4.73. The van der Waals surface area contributed by atoms with Crippen molar-refractivity contribution < 1.29 is 19.2 Å². The molecule has 0 aliphatic rings. The third-order valence-electron chi connectivity index (χ3n) is 3.20. The standard InChI is InChI=1S/C18H17NO4/c1-22-18(21)17(16(12-20)15-10-6-3-7-11-15)19-23-13-14-8-4-2-5-9-14/h2-11,17,19H,13H2,1H3/t17-/m0/s1. The molecule has 5 heteroatoms. The van der Waals surface area contributed by atoms with E-state index in [-0.39, 0.29) is 12.2 Å². The van der Waals surface area contributed by atoms with Crippen molar-refractivity contribution in [3.05, 3.63) is 71.8 Å². The van der Waals surface area contributed by atoms with Crippen LogP contribution in [0.25, 0.3) is 5.57 Å². The van der Waals surface area contributed by atoms with E-state index in [1.165, 1.54) is 7.11 Å². The minimum atomic E-state index is -1.05. The lowest BCUT2D eigenvalue weighted by Gasteiger charge is -2.17. The van der Waals surface area contributed by atoms with E-state index in [4.69, 9.17) is 9.57 Å². The number of esters is 1. The quantitative estimate of drug-likeness (QED) is 0.482. The van der Waals surface area contributed by atoms with Crippen molar-refractivity contribution in [2.45, 2.75) is 12.6 Å². The third-order valence-corrected chi connectivity index (χ3v) is 3.20. The summed E-state index contributed by atoms with van der Waals surface area (Å²) in [6.07, 6.45) is 0. The molecule has 0 fully saturated rings. The van der Waals surface area contributed by atoms with Crippen LogP contribution in [0, 0.1) is 0 Å². The first kappa shape index (κ1) is 16.6. The smallest absolute Gasteiger partial charge is 0.330 e. The molecule has 0 amide bonds. The van der Waals surface area contributed by atoms with Gasteiger partial charge in [0.2, 0.25) is 0 Å². The van der Waals surface area contributed by atoms with Crippen molar-refractivity contribution in [3.63, 3.8) is 0 Å². The monoisotopic (exact) mass is 311 g/mol. The van der Waals surface area contributed by atoms with Crippen LogP contribution >= 0.6 is 0 Å². The zero-order valence-corrected chi connectivity index (χ0v) is 12.7. The summed E-state index contributed by atoms with van der Waals surface area (Å²) in [5, 5.41) is 0. The molecule has 0 aromatic heterocycles. The molecule has 0 aliphatic heterocycles. The highest BCUT2D eigenvalue weighted by molar-refractivity contribution is 6.01. The van der Waals surface area contributed by atoms with E-state index >= 15 is 0 Å². The summed E-state index contributed by atoms with van der Waals surface area (Å²) in [6, 6.07) is 17.2. The van der Waals surface area contributed by atoms with Gasteiger partial charge in [0.1, 0.15) is 5.94 Å². The molecule has 2 rings (SSSR count). The Labute approximate surface area is 134 Å². The average Bonchev–Trinajstić information content (AvgIpc) is 2.62. The average molecular weight is 311 g/mol. The van der Waals surface area contributed by atoms with E-state index in [2.05, 4.69) is 5.48 Å². The topological polar surface area (TPSA) is 64.6 Å². The summed E-state index contributed by atoms with van der Waals surface area (Å²) >= 11 is 0. The Balaban J connectivity index is 2.10. The molecule has 2 aromatic rings. The number of hydroxylamine groups is 1. The molecule has 0 spiro atoms. The predicted molar refractivity (Wildman–Crippen MR) is 85.7 cm³/mol. The fourth-order valence-electron chi connectivity index (χ4n) is 2.03. The summed E-state index contributed by atoms with van der Waals surface area (Å²) < 4.78 is 4.74. The molecule has 1 N–H and O–H groups in total. The fraction of sp³-hybridized carbons (Fsp3) is 0.167. The Morgan fingerprint density at radius 2 is 1.70 bits per heavy atom. The van der Waals surface area contributed by atoms with Crippen LogP contribution in [0.4, 0.5) is 0 Å². The summed E-state index contributed by atoms with van der Waals surface area (Å²) in [6.45, 7) is 0.245. The van der Waals surface area contributed by atoms with Crippen LogP contribution < -0.4 is 5.48 Å². The molecule has 0 bridgehead atoms. The highest BCUT2D eigenvalue weighted by Gasteiger charge is 2.26. The molecule has 23 heavy (non-hydrogen) atoms. The molecule has 118 valence electrons. The highest BCUT2D eigenvalue weighted by Crippen LogP contribution is 2.16. The molecular formula is C18H17NO4. The normalized spacial score (nSPS) is 11.3. The number of hydrogen-bond acceptors (Lipinski definition) is 5. The maximum Gasteiger partial charge on any atom is 0.330 e. The molecule has 0 unspecified atom stereocenters. The number of carbonyl (C=O) groups is 1. The number of carbonyl (C=O) groups excluding carboxylic acids is 2. The van der Waals surface area contributed by atoms with Crippen molar-refractivity contribution in [2.75, 3.05) is 7.11 Å². The van der Waals surface area contributed by atoms with E-state index in [1.54, 1.807) is 30.2 Å². The van der Waals surface area contributed by atoms with E-state index in [0.717, 1.165) is 5.56 Å². The van der Waals surface area contributed by atoms with Gasteiger partial charge in [-0.05, 0) is 11.1 Å². The third kappa shape index (κ3) is 4.63. The van der Waals surface area contributed by atoms with Crippen molar-refractivity contribution >= 4 is 17.5 Å². The lowest BCUT2D eigenvalue weighted by molar-refractivity contribution is -0.145. The molecule has 0 aliphatic carbocycles. The zero-order chi connectivity index (χ0) is 16.5. The van der Waals surface area contributed by atoms with Crippen molar-refractivity contribution in [3.8, 4) is 0 Å². The van der Waals surface area contributed by atoms with Gasteiger partial charge in [-0.1, -0.05) is 60.7 Å². The van der Waals surface area contributed by atoms with E-state index in [1.807, 2.05) is 36.4 Å². The lowest BCUT2D eigenvalue weighted by Crippen LogP contribution is -2.38. The Hall–Kier alpha value is -2.72. The van der Waals surface area contributed by atoms with Gasteiger partial charge in [0.25, 0.3) is 0 Å². The Bertz CT molecular complexity index is 679. The second kappa shape index (κ2) is 8.66. The first-order chi connectivity index (χ1) is 11.3. The predicted octanol–water partition coefficient (Wildman–Crippen LogP) is 2.16. The molecule has 0 saturated heterocycles.